The fourth-order valence-corrected chi connectivity index (χ4v) is 2.10. The summed E-state index contributed by atoms with van der Waals surface area (Å²) in [5, 5.41) is 11.5. The molecule has 1 unspecified atom stereocenters. The molecule has 0 bridgehead atoms. The summed E-state index contributed by atoms with van der Waals surface area (Å²) in [5.41, 5.74) is 1.44. The van der Waals surface area contributed by atoms with Gasteiger partial charge in [-0.2, -0.15) is 5.26 Å². The Bertz CT molecular complexity index is 741. The van der Waals surface area contributed by atoms with Crippen molar-refractivity contribution in [1.29, 1.82) is 5.26 Å². The van der Waals surface area contributed by atoms with Gasteiger partial charge in [-0.25, -0.2) is 4.39 Å². The first-order chi connectivity index (χ1) is 11.0. The van der Waals surface area contributed by atoms with E-state index >= 15 is 0 Å². The minimum atomic E-state index is -0.544. The zero-order valence-corrected chi connectivity index (χ0v) is 13.1. The van der Waals surface area contributed by atoms with Crippen molar-refractivity contribution in [1.82, 2.24) is 5.32 Å². The summed E-state index contributed by atoms with van der Waals surface area (Å²) >= 11 is 5.64. The molecule has 0 aromatic heterocycles. The van der Waals surface area contributed by atoms with Crippen molar-refractivity contribution in [3.05, 3.63) is 64.4 Å². The average molecular weight is 333 g/mol. The lowest BCUT2D eigenvalue weighted by Crippen LogP contribution is -2.31. The second-order valence-corrected chi connectivity index (χ2v) is 5.29. The van der Waals surface area contributed by atoms with Crippen LogP contribution in [0.25, 0.3) is 0 Å². The Labute approximate surface area is 138 Å². The first kappa shape index (κ1) is 16.8. The average Bonchev–Trinajstić information content (AvgIpc) is 2.56. The van der Waals surface area contributed by atoms with Gasteiger partial charge < -0.3 is 10.1 Å². The molecule has 0 aliphatic carbocycles. The summed E-state index contributed by atoms with van der Waals surface area (Å²) in [6.45, 7) is 1.62. The maximum Gasteiger partial charge on any atom is 0.258 e. The Balaban J connectivity index is 1.88. The summed E-state index contributed by atoms with van der Waals surface area (Å²) < 4.78 is 18.3. The Morgan fingerprint density at radius 1 is 1.35 bits per heavy atom. The molecule has 0 spiro atoms. The molecular weight excluding hydrogens is 319 g/mol. The van der Waals surface area contributed by atoms with Crippen LogP contribution in [0.1, 0.15) is 24.1 Å². The molecule has 0 saturated carbocycles. The van der Waals surface area contributed by atoms with Gasteiger partial charge in [-0.1, -0.05) is 23.7 Å². The number of halogens is 2. The van der Waals surface area contributed by atoms with Gasteiger partial charge in [0, 0.05) is 6.07 Å². The van der Waals surface area contributed by atoms with Gasteiger partial charge in [0.15, 0.2) is 6.61 Å². The lowest BCUT2D eigenvalue weighted by molar-refractivity contribution is -0.123. The molecule has 1 amide bonds. The van der Waals surface area contributed by atoms with Crippen LogP contribution in [-0.2, 0) is 4.79 Å². The topological polar surface area (TPSA) is 62.1 Å². The fraction of sp³-hybridized carbons (Fsp3) is 0.176. The number of hydrogen-bond acceptors (Lipinski definition) is 3. The van der Waals surface area contributed by atoms with Crippen LogP contribution in [0.2, 0.25) is 5.02 Å². The molecule has 4 nitrogen and oxygen atoms in total. The number of amides is 1. The van der Waals surface area contributed by atoms with Crippen LogP contribution in [0.5, 0.6) is 5.75 Å². The van der Waals surface area contributed by atoms with Gasteiger partial charge in [0.1, 0.15) is 11.6 Å². The Kier molecular flexibility index (Phi) is 5.56. The van der Waals surface area contributed by atoms with Gasteiger partial charge in [0.25, 0.3) is 5.91 Å². The van der Waals surface area contributed by atoms with E-state index < -0.39 is 5.82 Å². The summed E-state index contributed by atoms with van der Waals surface area (Å²) in [4.78, 5) is 11.9. The van der Waals surface area contributed by atoms with Crippen molar-refractivity contribution in [2.24, 2.45) is 0 Å². The molecule has 1 N–H and O–H groups in total. The van der Waals surface area contributed by atoms with Crippen molar-refractivity contribution < 1.29 is 13.9 Å². The summed E-state index contributed by atoms with van der Waals surface area (Å²) in [7, 11) is 0. The molecule has 2 aromatic carbocycles. The van der Waals surface area contributed by atoms with E-state index in [1.807, 2.05) is 13.0 Å². The quantitative estimate of drug-likeness (QED) is 0.909. The molecule has 0 radical (unpaired) electrons. The van der Waals surface area contributed by atoms with Gasteiger partial charge in [-0.05, 0) is 36.8 Å². The molecule has 6 heteroatoms. The molecule has 0 aliphatic heterocycles. The third-order valence-electron chi connectivity index (χ3n) is 3.18. The molecule has 2 rings (SSSR count). The molecule has 118 valence electrons. The monoisotopic (exact) mass is 332 g/mol. The second-order valence-electron chi connectivity index (χ2n) is 4.89. The predicted molar refractivity (Wildman–Crippen MR) is 84.6 cm³/mol. The van der Waals surface area contributed by atoms with Gasteiger partial charge in [0.05, 0.1) is 22.7 Å². The number of benzene rings is 2. The van der Waals surface area contributed by atoms with Crippen LogP contribution in [0.4, 0.5) is 4.39 Å². The van der Waals surface area contributed by atoms with Gasteiger partial charge in [-0.3, -0.25) is 4.79 Å². The van der Waals surface area contributed by atoms with Crippen LogP contribution < -0.4 is 10.1 Å². The number of nitrogens with zero attached hydrogens (tertiary/aromatic N) is 1. The zero-order chi connectivity index (χ0) is 16.8. The van der Waals surface area contributed by atoms with E-state index in [1.165, 1.54) is 18.2 Å². The van der Waals surface area contributed by atoms with E-state index in [2.05, 4.69) is 5.32 Å². The number of carbonyl (C=O) groups excluding carboxylic acids is 1. The minimum Gasteiger partial charge on any atom is -0.484 e. The molecule has 0 saturated heterocycles. The van der Waals surface area contributed by atoms with E-state index in [4.69, 9.17) is 21.6 Å². The third kappa shape index (κ3) is 4.70. The SMILES string of the molecule is CC(NC(=O)COc1ccc(F)c(Cl)c1)c1ccc(C#N)cc1. The maximum absolute atomic E-state index is 13.0. The van der Waals surface area contributed by atoms with E-state index in [9.17, 15) is 9.18 Å². The number of carbonyl (C=O) groups is 1. The van der Waals surface area contributed by atoms with Crippen LogP contribution in [0, 0.1) is 17.1 Å². The molecule has 0 heterocycles. The van der Waals surface area contributed by atoms with Crippen molar-refractivity contribution in [2.75, 3.05) is 6.61 Å². The Hall–Kier alpha value is -2.58. The second kappa shape index (κ2) is 7.61. The first-order valence-electron chi connectivity index (χ1n) is 6.87. The Morgan fingerprint density at radius 2 is 2.04 bits per heavy atom. The highest BCUT2D eigenvalue weighted by Gasteiger charge is 2.11. The third-order valence-corrected chi connectivity index (χ3v) is 3.47. The van der Waals surface area contributed by atoms with E-state index in [0.717, 1.165) is 5.56 Å². The molecule has 23 heavy (non-hydrogen) atoms. The number of hydrogen-bond donors (Lipinski definition) is 1. The smallest absolute Gasteiger partial charge is 0.258 e. The zero-order valence-electron chi connectivity index (χ0n) is 12.3. The first-order valence-corrected chi connectivity index (χ1v) is 7.24. The lowest BCUT2D eigenvalue weighted by atomic mass is 10.1. The predicted octanol–water partition coefficient (Wildman–Crippen LogP) is 3.61. The molecule has 1 atom stereocenters. The highest BCUT2D eigenvalue weighted by Crippen LogP contribution is 2.21. The minimum absolute atomic E-state index is 0.0612. The van der Waals surface area contributed by atoms with Crippen molar-refractivity contribution in [3.8, 4) is 11.8 Å². The molecule has 0 aliphatic rings. The lowest BCUT2D eigenvalue weighted by Gasteiger charge is -2.15. The van der Waals surface area contributed by atoms with Gasteiger partial charge in [0.2, 0.25) is 0 Å². The molecule has 2 aromatic rings. The Morgan fingerprint density at radius 3 is 2.65 bits per heavy atom. The van der Waals surface area contributed by atoms with E-state index in [0.29, 0.717) is 11.3 Å². The fourth-order valence-electron chi connectivity index (χ4n) is 1.93. The molecular formula is C17H14ClFN2O2. The number of ether oxygens (including phenoxy) is 1. The summed E-state index contributed by atoms with van der Waals surface area (Å²) in [6.07, 6.45) is 0. The van der Waals surface area contributed by atoms with Crippen molar-refractivity contribution in [2.45, 2.75) is 13.0 Å². The summed E-state index contributed by atoms with van der Waals surface area (Å²) in [5.74, 6) is -0.544. The maximum atomic E-state index is 13.0. The van der Waals surface area contributed by atoms with Gasteiger partial charge in [-0.15, -0.1) is 0 Å². The van der Waals surface area contributed by atoms with Crippen molar-refractivity contribution >= 4 is 17.5 Å². The highest BCUT2D eigenvalue weighted by molar-refractivity contribution is 6.30. The highest BCUT2D eigenvalue weighted by atomic mass is 35.5. The van der Waals surface area contributed by atoms with Gasteiger partial charge >= 0.3 is 0 Å². The summed E-state index contributed by atoms with van der Waals surface area (Å²) in [6, 6.07) is 12.6. The van der Waals surface area contributed by atoms with Crippen LogP contribution >= 0.6 is 11.6 Å². The standard InChI is InChI=1S/C17H14ClFN2O2/c1-11(13-4-2-12(9-20)3-5-13)21-17(22)10-23-14-6-7-16(19)15(18)8-14/h2-8,11H,10H2,1H3,(H,21,22). The van der Waals surface area contributed by atoms with E-state index in [1.54, 1.807) is 24.3 Å². The number of nitrogens with one attached hydrogen (secondary N) is 1. The van der Waals surface area contributed by atoms with Crippen molar-refractivity contribution in [3.63, 3.8) is 0 Å². The molecule has 0 fully saturated rings. The number of rotatable bonds is 5. The number of nitriles is 1. The van der Waals surface area contributed by atoms with E-state index in [-0.39, 0.29) is 23.6 Å². The van der Waals surface area contributed by atoms with Crippen LogP contribution in [-0.4, -0.2) is 12.5 Å². The normalized spacial score (nSPS) is 11.4. The van der Waals surface area contributed by atoms with Crippen LogP contribution in [0.3, 0.4) is 0 Å². The largest absolute Gasteiger partial charge is 0.484 e. The van der Waals surface area contributed by atoms with Crippen LogP contribution in [0.15, 0.2) is 42.5 Å².